The van der Waals surface area contributed by atoms with Gasteiger partial charge < -0.3 is 15.8 Å². The predicted molar refractivity (Wildman–Crippen MR) is 137 cm³/mol. The van der Waals surface area contributed by atoms with Crippen molar-refractivity contribution in [3.63, 3.8) is 0 Å². The van der Waals surface area contributed by atoms with Crippen LogP contribution in [-0.2, 0) is 16.6 Å². The molecule has 1 saturated heterocycles. The maximum absolute atomic E-state index is 12.9. The number of hydrogen-bond acceptors (Lipinski definition) is 4. The zero-order valence-corrected chi connectivity index (χ0v) is 21.4. The molecule has 32 heavy (non-hydrogen) atoms. The molecule has 174 valence electrons. The van der Waals surface area contributed by atoms with E-state index in [9.17, 15) is 8.42 Å². The van der Waals surface area contributed by atoms with E-state index in [-0.39, 0.29) is 30.0 Å². The first kappa shape index (κ1) is 24.8. The van der Waals surface area contributed by atoms with Crippen LogP contribution < -0.4 is 15.8 Å². The Morgan fingerprint density at radius 2 is 1.94 bits per heavy atom. The van der Waals surface area contributed by atoms with Crippen molar-refractivity contribution in [2.75, 3.05) is 19.7 Å². The van der Waals surface area contributed by atoms with Crippen LogP contribution in [0.25, 0.3) is 0 Å². The third kappa shape index (κ3) is 5.74. The Bertz CT molecular complexity index is 1040. The summed E-state index contributed by atoms with van der Waals surface area (Å²) in [7, 11) is -3.44. The minimum absolute atomic E-state index is 0. The third-order valence-corrected chi connectivity index (χ3v) is 7.77. The van der Waals surface area contributed by atoms with Crippen LogP contribution in [0, 0.1) is 5.92 Å². The summed E-state index contributed by atoms with van der Waals surface area (Å²) in [6.45, 7) is 4.29. The fourth-order valence-electron chi connectivity index (χ4n) is 4.17. The van der Waals surface area contributed by atoms with E-state index in [2.05, 4.69) is 17.2 Å². The Hall–Kier alpha value is -1.85. The van der Waals surface area contributed by atoms with Gasteiger partial charge >= 0.3 is 0 Å². The number of rotatable bonds is 5. The number of sulfonamides is 1. The number of aliphatic imine (C=N–C) groups is 1. The lowest BCUT2D eigenvalue weighted by Gasteiger charge is -2.30. The first-order valence-corrected chi connectivity index (χ1v) is 12.2. The molecule has 2 aliphatic heterocycles. The molecule has 2 aromatic carbocycles. The molecule has 2 atom stereocenters. The van der Waals surface area contributed by atoms with Crippen LogP contribution in [0.4, 0.5) is 0 Å². The number of nitrogens with one attached hydrogen (secondary N) is 1. The Morgan fingerprint density at radius 1 is 1.19 bits per heavy atom. The fraction of sp³-hybridized carbons (Fsp3) is 0.435. The van der Waals surface area contributed by atoms with Crippen LogP contribution in [0.2, 0.25) is 0 Å². The molecule has 2 aromatic rings. The number of piperidine rings is 1. The SMILES string of the molecule is CC1CCCN(S(=O)(=O)c2ccc(CN=C(N)NC3CCOc4ccccc43)cc2)C1.I. The third-order valence-electron chi connectivity index (χ3n) is 5.89. The van der Waals surface area contributed by atoms with Gasteiger partial charge in [0.1, 0.15) is 5.75 Å². The van der Waals surface area contributed by atoms with E-state index in [1.54, 1.807) is 28.6 Å². The van der Waals surface area contributed by atoms with Gasteiger partial charge in [0.05, 0.1) is 24.1 Å². The summed E-state index contributed by atoms with van der Waals surface area (Å²) in [5, 5.41) is 3.27. The number of halogens is 1. The van der Waals surface area contributed by atoms with Gasteiger partial charge in [0.15, 0.2) is 5.96 Å². The van der Waals surface area contributed by atoms with Gasteiger partial charge in [-0.25, -0.2) is 13.4 Å². The van der Waals surface area contributed by atoms with Gasteiger partial charge in [-0.1, -0.05) is 37.3 Å². The van der Waals surface area contributed by atoms with E-state index in [4.69, 9.17) is 10.5 Å². The van der Waals surface area contributed by atoms with Crippen LogP contribution in [-0.4, -0.2) is 38.4 Å². The van der Waals surface area contributed by atoms with Crippen molar-refractivity contribution in [1.82, 2.24) is 9.62 Å². The predicted octanol–water partition coefficient (Wildman–Crippen LogP) is 3.65. The van der Waals surface area contributed by atoms with E-state index in [0.29, 0.717) is 43.0 Å². The topological polar surface area (TPSA) is 97.0 Å². The van der Waals surface area contributed by atoms with Gasteiger partial charge in [0.2, 0.25) is 10.0 Å². The minimum Gasteiger partial charge on any atom is -0.493 e. The Morgan fingerprint density at radius 3 is 2.69 bits per heavy atom. The molecular formula is C23H31IN4O3S. The molecule has 0 radical (unpaired) electrons. The zero-order chi connectivity index (χ0) is 21.8. The summed E-state index contributed by atoms with van der Waals surface area (Å²) in [5.41, 5.74) is 8.10. The molecule has 0 bridgehead atoms. The van der Waals surface area contributed by atoms with Crippen molar-refractivity contribution in [3.05, 3.63) is 59.7 Å². The first-order valence-electron chi connectivity index (χ1n) is 10.8. The standard InChI is InChI=1S/C23H30N4O3S.HI/c1-17-5-4-13-27(16-17)31(28,29)19-10-8-18(9-11-19)15-25-23(24)26-21-12-14-30-22-7-3-2-6-20(21)22;/h2-3,6-11,17,21H,4-5,12-16H2,1H3,(H3,24,25,26);1H. The van der Waals surface area contributed by atoms with Crippen LogP contribution in [0.1, 0.15) is 43.4 Å². The van der Waals surface area contributed by atoms with Gasteiger partial charge in [-0.05, 0) is 42.5 Å². The molecular weight excluding hydrogens is 539 g/mol. The lowest BCUT2D eigenvalue weighted by atomic mass is 10.0. The van der Waals surface area contributed by atoms with Gasteiger partial charge in [-0.2, -0.15) is 4.31 Å². The highest BCUT2D eigenvalue weighted by molar-refractivity contribution is 14.0. The molecule has 0 aromatic heterocycles. The number of ether oxygens (including phenoxy) is 1. The summed E-state index contributed by atoms with van der Waals surface area (Å²) in [4.78, 5) is 4.77. The van der Waals surface area contributed by atoms with Gasteiger partial charge in [-0.3, -0.25) is 0 Å². The average Bonchev–Trinajstić information content (AvgIpc) is 2.78. The van der Waals surface area contributed by atoms with Crippen LogP contribution in [0.3, 0.4) is 0 Å². The molecule has 9 heteroatoms. The van der Waals surface area contributed by atoms with Crippen LogP contribution >= 0.6 is 24.0 Å². The highest BCUT2D eigenvalue weighted by Gasteiger charge is 2.28. The molecule has 3 N–H and O–H groups in total. The van der Waals surface area contributed by atoms with Crippen molar-refractivity contribution in [2.45, 2.75) is 43.7 Å². The largest absolute Gasteiger partial charge is 0.493 e. The molecule has 4 rings (SSSR count). The maximum Gasteiger partial charge on any atom is 0.243 e. The fourth-order valence-corrected chi connectivity index (χ4v) is 5.77. The second kappa shape index (κ2) is 10.8. The molecule has 0 aliphatic carbocycles. The zero-order valence-electron chi connectivity index (χ0n) is 18.2. The smallest absolute Gasteiger partial charge is 0.243 e. The molecule has 0 spiro atoms. The van der Waals surface area contributed by atoms with Crippen LogP contribution in [0.5, 0.6) is 5.75 Å². The van der Waals surface area contributed by atoms with Crippen molar-refractivity contribution in [1.29, 1.82) is 0 Å². The second-order valence-electron chi connectivity index (χ2n) is 8.33. The van der Waals surface area contributed by atoms with E-state index in [0.717, 1.165) is 36.1 Å². The summed E-state index contributed by atoms with van der Waals surface area (Å²) >= 11 is 0. The summed E-state index contributed by atoms with van der Waals surface area (Å²) < 4.78 is 33.1. The number of fused-ring (bicyclic) bond motifs is 1. The number of benzene rings is 2. The van der Waals surface area contributed by atoms with Crippen molar-refractivity contribution in [3.8, 4) is 5.75 Å². The number of para-hydroxylation sites is 1. The molecule has 2 unspecified atom stereocenters. The van der Waals surface area contributed by atoms with E-state index in [1.807, 2.05) is 24.3 Å². The quantitative estimate of drug-likeness (QED) is 0.325. The van der Waals surface area contributed by atoms with Gasteiger partial charge in [0.25, 0.3) is 0 Å². The number of nitrogens with zero attached hydrogens (tertiary/aromatic N) is 2. The van der Waals surface area contributed by atoms with Gasteiger partial charge in [-0.15, -0.1) is 24.0 Å². The van der Waals surface area contributed by atoms with Crippen LogP contribution in [0.15, 0.2) is 58.4 Å². The molecule has 1 fully saturated rings. The van der Waals surface area contributed by atoms with E-state index < -0.39 is 10.0 Å². The van der Waals surface area contributed by atoms with E-state index >= 15 is 0 Å². The number of nitrogens with two attached hydrogens (primary N) is 1. The van der Waals surface area contributed by atoms with Crippen molar-refractivity contribution >= 4 is 40.0 Å². The van der Waals surface area contributed by atoms with Crippen molar-refractivity contribution < 1.29 is 13.2 Å². The Kier molecular flexibility index (Phi) is 8.40. The number of guanidine groups is 1. The minimum atomic E-state index is -3.44. The molecule has 2 heterocycles. The van der Waals surface area contributed by atoms with Crippen molar-refractivity contribution in [2.24, 2.45) is 16.6 Å². The second-order valence-corrected chi connectivity index (χ2v) is 10.3. The lowest BCUT2D eigenvalue weighted by molar-refractivity contribution is 0.262. The Balaban J connectivity index is 0.00000289. The monoisotopic (exact) mass is 570 g/mol. The Labute approximate surface area is 207 Å². The molecule has 0 saturated carbocycles. The molecule has 0 amide bonds. The van der Waals surface area contributed by atoms with E-state index in [1.165, 1.54) is 0 Å². The molecule has 2 aliphatic rings. The normalized spacial score (nSPS) is 21.7. The van der Waals surface area contributed by atoms with Gasteiger partial charge in [0, 0.05) is 25.1 Å². The highest BCUT2D eigenvalue weighted by Crippen LogP contribution is 2.31. The molecule has 7 nitrogen and oxygen atoms in total. The lowest BCUT2D eigenvalue weighted by Crippen LogP contribution is -2.39. The summed E-state index contributed by atoms with van der Waals surface area (Å²) in [5.74, 6) is 1.63. The summed E-state index contributed by atoms with van der Waals surface area (Å²) in [6.07, 6.45) is 2.81. The number of hydrogen-bond donors (Lipinski definition) is 2. The average molecular weight is 570 g/mol. The summed E-state index contributed by atoms with van der Waals surface area (Å²) in [6, 6.07) is 14.9. The first-order chi connectivity index (χ1) is 14.9. The maximum atomic E-state index is 12.9. The highest BCUT2D eigenvalue weighted by atomic mass is 127.